The van der Waals surface area contributed by atoms with Crippen molar-refractivity contribution in [2.75, 3.05) is 0 Å². The molecule has 3 aromatic heterocycles. The fraction of sp³-hybridized carbons (Fsp3) is 0.0455. The zero-order chi connectivity index (χ0) is 20.8. The Kier molecular flexibility index (Phi) is 4.70. The first kappa shape index (κ1) is 19.1. The Morgan fingerprint density at radius 2 is 1.90 bits per heavy atom. The van der Waals surface area contributed by atoms with E-state index in [1.807, 2.05) is 43.3 Å². The molecule has 0 saturated carbocycles. The van der Waals surface area contributed by atoms with Crippen LogP contribution < -0.4 is 10.1 Å². The van der Waals surface area contributed by atoms with E-state index in [0.29, 0.717) is 36.9 Å². The van der Waals surface area contributed by atoms with Gasteiger partial charge < -0.3 is 4.42 Å². The quantitative estimate of drug-likeness (QED) is 0.374. The van der Waals surface area contributed by atoms with Crippen LogP contribution in [0.1, 0.15) is 11.3 Å². The van der Waals surface area contributed by atoms with Crippen molar-refractivity contribution in [3.8, 4) is 22.7 Å². The first-order chi connectivity index (χ1) is 14.5. The van der Waals surface area contributed by atoms with Crippen molar-refractivity contribution in [3.63, 3.8) is 0 Å². The van der Waals surface area contributed by atoms with Crippen molar-refractivity contribution >= 4 is 45.6 Å². The van der Waals surface area contributed by atoms with Crippen molar-refractivity contribution in [1.82, 2.24) is 14.6 Å². The average Bonchev–Trinajstić information content (AvgIpc) is 3.42. The van der Waals surface area contributed by atoms with Gasteiger partial charge in [0.05, 0.1) is 10.0 Å². The van der Waals surface area contributed by atoms with Crippen LogP contribution >= 0.6 is 34.5 Å². The standard InChI is InChI=1S/C22H13Cl2N3O2S/c1-12-3-2-4-14(9-12)20-25-22-27(26-20)21(28)19(30-22)11-15-6-8-18(29-15)13-5-7-16(23)17(24)10-13/h2-11H,1H3/b19-11+. The van der Waals surface area contributed by atoms with Gasteiger partial charge in [0.1, 0.15) is 16.1 Å². The molecule has 5 nitrogen and oxygen atoms in total. The fourth-order valence-electron chi connectivity index (χ4n) is 3.10. The van der Waals surface area contributed by atoms with Gasteiger partial charge in [-0.15, -0.1) is 5.10 Å². The van der Waals surface area contributed by atoms with E-state index >= 15 is 0 Å². The summed E-state index contributed by atoms with van der Waals surface area (Å²) in [6, 6.07) is 16.8. The Bertz CT molecular complexity index is 1520. The molecule has 0 atom stereocenters. The molecule has 0 fully saturated rings. The normalized spacial score (nSPS) is 12.2. The maximum atomic E-state index is 12.8. The summed E-state index contributed by atoms with van der Waals surface area (Å²) in [6.07, 6.45) is 1.69. The third kappa shape index (κ3) is 3.43. The second-order valence-electron chi connectivity index (χ2n) is 6.75. The largest absolute Gasteiger partial charge is 0.457 e. The molecule has 0 spiro atoms. The van der Waals surface area contributed by atoms with E-state index in [-0.39, 0.29) is 5.56 Å². The molecule has 148 valence electrons. The zero-order valence-electron chi connectivity index (χ0n) is 15.6. The smallest absolute Gasteiger partial charge is 0.291 e. The van der Waals surface area contributed by atoms with Gasteiger partial charge in [0.2, 0.25) is 4.96 Å². The summed E-state index contributed by atoms with van der Waals surface area (Å²) in [7, 11) is 0. The molecule has 0 radical (unpaired) electrons. The molecule has 0 N–H and O–H groups in total. The maximum absolute atomic E-state index is 12.8. The van der Waals surface area contributed by atoms with Gasteiger partial charge in [0.15, 0.2) is 5.82 Å². The predicted molar refractivity (Wildman–Crippen MR) is 120 cm³/mol. The van der Waals surface area contributed by atoms with Gasteiger partial charge in [-0.25, -0.2) is 0 Å². The molecule has 0 bridgehead atoms. The number of aryl methyl sites for hydroxylation is 1. The van der Waals surface area contributed by atoms with Gasteiger partial charge in [-0.2, -0.15) is 9.50 Å². The predicted octanol–water partition coefficient (Wildman–Crippen LogP) is 5.24. The van der Waals surface area contributed by atoms with Gasteiger partial charge in [-0.05, 0) is 43.3 Å². The number of furan rings is 1. The SMILES string of the molecule is Cc1cccc(-c2nc3s/c(=C/c4ccc(-c5ccc(Cl)c(Cl)c5)o4)c(=O)n3n2)c1. The van der Waals surface area contributed by atoms with E-state index in [4.69, 9.17) is 27.6 Å². The Labute approximate surface area is 184 Å². The van der Waals surface area contributed by atoms with Crippen LogP contribution in [-0.4, -0.2) is 14.6 Å². The van der Waals surface area contributed by atoms with Crippen LogP contribution in [-0.2, 0) is 0 Å². The van der Waals surface area contributed by atoms with Crippen molar-refractivity contribution in [3.05, 3.63) is 90.9 Å². The number of benzene rings is 2. The number of aromatic nitrogens is 3. The Morgan fingerprint density at radius 3 is 2.67 bits per heavy atom. The van der Waals surface area contributed by atoms with Crippen LogP contribution in [0.15, 0.2) is 63.8 Å². The van der Waals surface area contributed by atoms with Crippen molar-refractivity contribution in [2.24, 2.45) is 0 Å². The second-order valence-corrected chi connectivity index (χ2v) is 8.57. The van der Waals surface area contributed by atoms with E-state index in [1.165, 1.54) is 15.9 Å². The minimum Gasteiger partial charge on any atom is -0.457 e. The number of rotatable bonds is 3. The first-order valence-electron chi connectivity index (χ1n) is 9.01. The summed E-state index contributed by atoms with van der Waals surface area (Å²) in [5.41, 5.74) is 2.57. The lowest BCUT2D eigenvalue weighted by Crippen LogP contribution is -2.23. The molecule has 5 rings (SSSR count). The van der Waals surface area contributed by atoms with E-state index in [2.05, 4.69) is 10.1 Å². The Balaban J connectivity index is 1.51. The molecule has 5 aromatic rings. The lowest BCUT2D eigenvalue weighted by molar-refractivity contribution is 0.571. The molecule has 2 aromatic carbocycles. The Morgan fingerprint density at radius 1 is 1.03 bits per heavy atom. The van der Waals surface area contributed by atoms with Crippen LogP contribution in [0.5, 0.6) is 0 Å². The number of hydrogen-bond donors (Lipinski definition) is 0. The number of halogens is 2. The lowest BCUT2D eigenvalue weighted by atomic mass is 10.1. The summed E-state index contributed by atoms with van der Waals surface area (Å²) in [6.45, 7) is 2.00. The monoisotopic (exact) mass is 453 g/mol. The highest BCUT2D eigenvalue weighted by Gasteiger charge is 2.13. The highest BCUT2D eigenvalue weighted by atomic mass is 35.5. The number of hydrogen-bond acceptors (Lipinski definition) is 5. The van der Waals surface area contributed by atoms with Crippen molar-refractivity contribution in [1.29, 1.82) is 0 Å². The topological polar surface area (TPSA) is 60.4 Å². The van der Waals surface area contributed by atoms with Crippen LogP contribution in [0.2, 0.25) is 10.0 Å². The van der Waals surface area contributed by atoms with Crippen molar-refractivity contribution in [2.45, 2.75) is 6.92 Å². The molecular weight excluding hydrogens is 441 g/mol. The lowest BCUT2D eigenvalue weighted by Gasteiger charge is -1.99. The highest BCUT2D eigenvalue weighted by molar-refractivity contribution is 7.15. The summed E-state index contributed by atoms with van der Waals surface area (Å²) in [5, 5.41) is 5.31. The second kappa shape index (κ2) is 7.40. The van der Waals surface area contributed by atoms with Crippen LogP contribution in [0.3, 0.4) is 0 Å². The Hall–Kier alpha value is -2.93. The molecule has 3 heterocycles. The van der Waals surface area contributed by atoms with Crippen LogP contribution in [0, 0.1) is 6.92 Å². The maximum Gasteiger partial charge on any atom is 0.291 e. The summed E-state index contributed by atoms with van der Waals surface area (Å²) in [5.74, 6) is 1.72. The average molecular weight is 454 g/mol. The highest BCUT2D eigenvalue weighted by Crippen LogP contribution is 2.29. The van der Waals surface area contributed by atoms with E-state index in [9.17, 15) is 4.79 Å². The van der Waals surface area contributed by atoms with Gasteiger partial charge in [0.25, 0.3) is 5.56 Å². The first-order valence-corrected chi connectivity index (χ1v) is 10.6. The van der Waals surface area contributed by atoms with Gasteiger partial charge >= 0.3 is 0 Å². The molecule has 0 unspecified atom stereocenters. The molecule has 0 saturated heterocycles. The minimum absolute atomic E-state index is 0.228. The summed E-state index contributed by atoms with van der Waals surface area (Å²) >= 11 is 13.3. The number of nitrogens with zero attached hydrogens (tertiary/aromatic N) is 3. The van der Waals surface area contributed by atoms with Gasteiger partial charge in [-0.3, -0.25) is 4.79 Å². The van der Waals surface area contributed by atoms with E-state index in [0.717, 1.165) is 16.7 Å². The van der Waals surface area contributed by atoms with Gasteiger partial charge in [0, 0.05) is 17.2 Å². The summed E-state index contributed by atoms with van der Waals surface area (Å²) in [4.78, 5) is 17.8. The van der Waals surface area contributed by atoms with E-state index < -0.39 is 0 Å². The molecule has 0 aliphatic rings. The molecule has 0 aliphatic carbocycles. The van der Waals surface area contributed by atoms with Gasteiger partial charge in [-0.1, -0.05) is 58.3 Å². The van der Waals surface area contributed by atoms with Crippen LogP contribution in [0.4, 0.5) is 0 Å². The summed E-state index contributed by atoms with van der Waals surface area (Å²) < 4.78 is 7.69. The van der Waals surface area contributed by atoms with Crippen LogP contribution in [0.25, 0.3) is 33.7 Å². The molecule has 8 heteroatoms. The number of thiazole rings is 1. The third-order valence-corrected chi connectivity index (χ3v) is 6.26. The molecular formula is C22H13Cl2N3O2S. The third-order valence-electron chi connectivity index (χ3n) is 4.56. The number of fused-ring (bicyclic) bond motifs is 1. The molecule has 0 aliphatic heterocycles. The fourth-order valence-corrected chi connectivity index (χ4v) is 4.29. The van der Waals surface area contributed by atoms with Crippen molar-refractivity contribution < 1.29 is 4.42 Å². The minimum atomic E-state index is -0.228. The van der Waals surface area contributed by atoms with E-state index in [1.54, 1.807) is 24.3 Å². The zero-order valence-corrected chi connectivity index (χ0v) is 17.9. The molecule has 30 heavy (non-hydrogen) atoms. The molecule has 0 amide bonds.